The van der Waals surface area contributed by atoms with Crippen LogP contribution in [-0.4, -0.2) is 52.7 Å². The molecule has 5 rings (SSSR count). The van der Waals surface area contributed by atoms with E-state index in [2.05, 4.69) is 66.5 Å². The smallest absolute Gasteiger partial charge is 0.230 e. The molecule has 8 heteroatoms. The van der Waals surface area contributed by atoms with Crippen LogP contribution in [0.1, 0.15) is 76.8 Å². The van der Waals surface area contributed by atoms with Crippen molar-refractivity contribution in [2.75, 3.05) is 36.4 Å². The third-order valence-corrected chi connectivity index (χ3v) is 9.20. The van der Waals surface area contributed by atoms with Gasteiger partial charge in [0.15, 0.2) is 0 Å². The van der Waals surface area contributed by atoms with Gasteiger partial charge in [-0.3, -0.25) is 14.3 Å². The monoisotopic (exact) mass is 548 g/mol. The number of carbonyl (C=O) groups is 2. The molecule has 0 bridgehead atoms. The second-order valence-corrected chi connectivity index (χ2v) is 13.6. The summed E-state index contributed by atoms with van der Waals surface area (Å²) in [6.07, 6.45) is 8.67. The maximum absolute atomic E-state index is 13.9. The van der Waals surface area contributed by atoms with E-state index < -0.39 is 0 Å². The number of rotatable bonds is 6. The van der Waals surface area contributed by atoms with Crippen LogP contribution in [0, 0.1) is 30.1 Å². The molecule has 40 heavy (non-hydrogen) atoms. The minimum Gasteiger partial charge on any atom is -0.356 e. The summed E-state index contributed by atoms with van der Waals surface area (Å²) >= 11 is 0. The quantitative estimate of drug-likeness (QED) is 0.506. The molecule has 0 radical (unpaired) electrons. The number of fused-ring (bicyclic) bond motifs is 2. The molecule has 1 aliphatic carbocycles. The van der Waals surface area contributed by atoms with Gasteiger partial charge in [0, 0.05) is 31.0 Å². The van der Waals surface area contributed by atoms with E-state index >= 15 is 0 Å². The lowest BCUT2D eigenvalue weighted by molar-refractivity contribution is -0.127. The molecule has 3 aliphatic rings. The third-order valence-electron chi connectivity index (χ3n) is 9.20. The molecule has 1 aromatic carbocycles. The first-order chi connectivity index (χ1) is 19.1. The minimum absolute atomic E-state index is 0.0109. The van der Waals surface area contributed by atoms with E-state index in [1.807, 2.05) is 22.8 Å². The number of nitrogens with zero attached hydrogens (tertiary/aromatic N) is 4. The number of anilines is 3. The van der Waals surface area contributed by atoms with E-state index in [4.69, 9.17) is 0 Å². The molecule has 2 amide bonds. The molecule has 1 saturated carbocycles. The van der Waals surface area contributed by atoms with E-state index in [9.17, 15) is 9.59 Å². The molecular formula is C32H48N6O2. The second-order valence-electron chi connectivity index (χ2n) is 13.6. The predicted octanol–water partition coefficient (Wildman–Crippen LogP) is 5.39. The Morgan fingerprint density at radius 2 is 1.77 bits per heavy atom. The standard InChI is InChI=1S/C32H48N6O2/c1-22-6-11-28-27(18-22)35-29-26(20-34-36(29)5)21-38(28)31(40)25-9-7-23(8-10-25)19-33-30(39)24-12-15-37(16-13-24)17-14-32(2,3)4/h6,11,18,20,23-25,35H,7-10,12-17,19,21H2,1-5H3,(H,33,39). The first kappa shape index (κ1) is 28.7. The maximum Gasteiger partial charge on any atom is 0.230 e. The Morgan fingerprint density at radius 1 is 1.05 bits per heavy atom. The molecule has 2 aromatic rings. The van der Waals surface area contributed by atoms with Crippen molar-refractivity contribution in [3.05, 3.63) is 35.5 Å². The van der Waals surface area contributed by atoms with Gasteiger partial charge in [0.1, 0.15) is 5.82 Å². The molecule has 2 aliphatic heterocycles. The van der Waals surface area contributed by atoms with Gasteiger partial charge in [0.05, 0.1) is 24.1 Å². The van der Waals surface area contributed by atoms with E-state index in [1.54, 1.807) is 0 Å². The van der Waals surface area contributed by atoms with Gasteiger partial charge in [-0.25, -0.2) is 0 Å². The molecule has 0 atom stereocenters. The average Bonchev–Trinajstić information content (AvgIpc) is 3.18. The Balaban J connectivity index is 1.11. The van der Waals surface area contributed by atoms with E-state index in [0.29, 0.717) is 17.9 Å². The molecule has 218 valence electrons. The number of amides is 2. The summed E-state index contributed by atoms with van der Waals surface area (Å²) in [5, 5.41) is 11.2. The Bertz CT molecular complexity index is 1200. The molecule has 2 N–H and O–H groups in total. The number of aromatic nitrogens is 2. The van der Waals surface area contributed by atoms with Crippen LogP contribution in [0.3, 0.4) is 0 Å². The highest BCUT2D eigenvalue weighted by atomic mass is 16.2. The number of likely N-dealkylation sites (tertiary alicyclic amines) is 1. The van der Waals surface area contributed by atoms with Crippen LogP contribution in [0.2, 0.25) is 0 Å². The Hall–Kier alpha value is -2.87. The topological polar surface area (TPSA) is 82.5 Å². The normalized spacial score (nSPS) is 22.2. The lowest BCUT2D eigenvalue weighted by Crippen LogP contribution is -2.43. The SMILES string of the molecule is Cc1ccc2c(c1)Nc1c(cnn1C)CN2C(=O)C1CCC(CNC(=O)C2CCN(CCC(C)(C)C)CC2)CC1. The number of piperidine rings is 1. The summed E-state index contributed by atoms with van der Waals surface area (Å²) < 4.78 is 1.84. The third kappa shape index (κ3) is 6.70. The van der Waals surface area contributed by atoms with Crippen LogP contribution in [0.5, 0.6) is 0 Å². The van der Waals surface area contributed by atoms with Crippen molar-refractivity contribution in [1.82, 2.24) is 20.0 Å². The van der Waals surface area contributed by atoms with Crippen molar-refractivity contribution in [2.45, 2.75) is 79.2 Å². The number of benzene rings is 1. The van der Waals surface area contributed by atoms with Crippen molar-refractivity contribution >= 4 is 29.0 Å². The van der Waals surface area contributed by atoms with Gasteiger partial charge in [-0.1, -0.05) is 26.8 Å². The molecule has 2 fully saturated rings. The summed E-state index contributed by atoms with van der Waals surface area (Å²) in [6.45, 7) is 13.4. The predicted molar refractivity (Wildman–Crippen MR) is 161 cm³/mol. The fourth-order valence-corrected chi connectivity index (χ4v) is 6.46. The zero-order valence-electron chi connectivity index (χ0n) is 25.1. The number of nitrogens with one attached hydrogen (secondary N) is 2. The average molecular weight is 549 g/mol. The first-order valence-corrected chi connectivity index (χ1v) is 15.3. The van der Waals surface area contributed by atoms with Gasteiger partial charge in [0.2, 0.25) is 11.8 Å². The molecular weight excluding hydrogens is 500 g/mol. The highest BCUT2D eigenvalue weighted by molar-refractivity contribution is 5.99. The van der Waals surface area contributed by atoms with E-state index in [1.165, 1.54) is 6.42 Å². The van der Waals surface area contributed by atoms with Crippen LogP contribution >= 0.6 is 0 Å². The lowest BCUT2D eigenvalue weighted by Gasteiger charge is -2.34. The summed E-state index contributed by atoms with van der Waals surface area (Å²) in [7, 11) is 1.93. The van der Waals surface area contributed by atoms with Crippen molar-refractivity contribution in [1.29, 1.82) is 0 Å². The number of hydrogen-bond acceptors (Lipinski definition) is 5. The van der Waals surface area contributed by atoms with Crippen molar-refractivity contribution in [3.8, 4) is 0 Å². The summed E-state index contributed by atoms with van der Waals surface area (Å²) in [4.78, 5) is 31.3. The Morgan fingerprint density at radius 3 is 2.48 bits per heavy atom. The van der Waals surface area contributed by atoms with Gasteiger partial charge in [-0.05, 0) is 101 Å². The number of aryl methyl sites for hydroxylation is 2. The Labute approximate surface area is 239 Å². The van der Waals surface area contributed by atoms with E-state index in [-0.39, 0.29) is 23.7 Å². The van der Waals surface area contributed by atoms with E-state index in [0.717, 1.165) is 93.0 Å². The molecule has 0 spiro atoms. The van der Waals surface area contributed by atoms with Crippen LogP contribution < -0.4 is 15.5 Å². The number of carbonyl (C=O) groups excluding carboxylic acids is 2. The van der Waals surface area contributed by atoms with Crippen molar-refractivity contribution in [2.24, 2.45) is 30.2 Å². The maximum atomic E-state index is 13.9. The molecule has 1 saturated heterocycles. The van der Waals surface area contributed by atoms with Gasteiger partial charge < -0.3 is 20.4 Å². The van der Waals surface area contributed by atoms with Crippen LogP contribution in [0.4, 0.5) is 17.2 Å². The number of hydrogen-bond donors (Lipinski definition) is 2. The molecule has 8 nitrogen and oxygen atoms in total. The summed E-state index contributed by atoms with van der Waals surface area (Å²) in [5.41, 5.74) is 4.42. The molecule has 1 aromatic heterocycles. The fourth-order valence-electron chi connectivity index (χ4n) is 6.46. The molecule has 3 heterocycles. The van der Waals surface area contributed by atoms with Gasteiger partial charge in [0.25, 0.3) is 0 Å². The van der Waals surface area contributed by atoms with Crippen LogP contribution in [0.15, 0.2) is 24.4 Å². The fraction of sp³-hybridized carbons (Fsp3) is 0.656. The zero-order chi connectivity index (χ0) is 28.4. The summed E-state index contributed by atoms with van der Waals surface area (Å²) in [6, 6.07) is 6.24. The second kappa shape index (κ2) is 11.9. The molecule has 0 unspecified atom stereocenters. The van der Waals surface area contributed by atoms with Gasteiger partial charge in [-0.2, -0.15) is 5.10 Å². The highest BCUT2D eigenvalue weighted by Crippen LogP contribution is 2.39. The Kier molecular flexibility index (Phi) is 8.55. The van der Waals surface area contributed by atoms with Crippen molar-refractivity contribution < 1.29 is 9.59 Å². The largest absolute Gasteiger partial charge is 0.356 e. The zero-order valence-corrected chi connectivity index (χ0v) is 25.1. The van der Waals surface area contributed by atoms with Gasteiger partial charge >= 0.3 is 0 Å². The first-order valence-electron chi connectivity index (χ1n) is 15.3. The van der Waals surface area contributed by atoms with Crippen LogP contribution in [-0.2, 0) is 23.2 Å². The lowest BCUT2D eigenvalue weighted by atomic mass is 9.81. The van der Waals surface area contributed by atoms with Gasteiger partial charge in [-0.15, -0.1) is 0 Å². The minimum atomic E-state index is 0.0109. The van der Waals surface area contributed by atoms with Crippen molar-refractivity contribution in [3.63, 3.8) is 0 Å². The summed E-state index contributed by atoms with van der Waals surface area (Å²) in [5.74, 6) is 1.97. The highest BCUT2D eigenvalue weighted by Gasteiger charge is 2.34. The van der Waals surface area contributed by atoms with Crippen LogP contribution in [0.25, 0.3) is 0 Å².